The fourth-order valence-corrected chi connectivity index (χ4v) is 1.59. The van der Waals surface area contributed by atoms with E-state index in [4.69, 9.17) is 11.6 Å². The highest BCUT2D eigenvalue weighted by molar-refractivity contribution is 6.29. The Morgan fingerprint density at radius 3 is 3.08 bits per heavy atom. The molecule has 1 fully saturated rings. The number of nitrogens with one attached hydrogen (secondary N) is 2. The van der Waals surface area contributed by atoms with E-state index in [0.717, 1.165) is 18.8 Å². The molecule has 0 amide bonds. The van der Waals surface area contributed by atoms with Gasteiger partial charge in [-0.05, 0) is 25.1 Å². The summed E-state index contributed by atoms with van der Waals surface area (Å²) in [6.45, 7) is 2.13. The summed E-state index contributed by atoms with van der Waals surface area (Å²) < 4.78 is 0. The molecule has 4 heteroatoms. The highest BCUT2D eigenvalue weighted by Crippen LogP contribution is 2.12. The zero-order valence-corrected chi connectivity index (χ0v) is 8.01. The van der Waals surface area contributed by atoms with Gasteiger partial charge < -0.3 is 10.6 Å². The fourth-order valence-electron chi connectivity index (χ4n) is 1.47. The summed E-state index contributed by atoms with van der Waals surface area (Å²) in [4.78, 5) is 4.00. The minimum absolute atomic E-state index is 0.531. The molecule has 2 N–H and O–H groups in total. The van der Waals surface area contributed by atoms with Gasteiger partial charge in [0, 0.05) is 12.6 Å². The van der Waals surface area contributed by atoms with Crippen molar-refractivity contribution in [1.29, 1.82) is 0 Å². The topological polar surface area (TPSA) is 37.0 Å². The Bertz CT molecular complexity index is 267. The molecule has 0 aliphatic carbocycles. The number of nitrogens with zero attached hydrogens (tertiary/aromatic N) is 1. The van der Waals surface area contributed by atoms with Crippen LogP contribution in [0.4, 0.5) is 5.69 Å². The lowest BCUT2D eigenvalue weighted by Crippen LogP contribution is -2.22. The quantitative estimate of drug-likeness (QED) is 0.706. The van der Waals surface area contributed by atoms with Crippen LogP contribution in [0.15, 0.2) is 18.3 Å². The Hall–Kier alpha value is -0.800. The average molecular weight is 198 g/mol. The second kappa shape index (κ2) is 3.94. The first-order valence-electron chi connectivity index (χ1n) is 4.43. The Morgan fingerprint density at radius 2 is 2.46 bits per heavy atom. The normalized spacial score (nSPS) is 21.8. The number of hydrogen-bond acceptors (Lipinski definition) is 3. The van der Waals surface area contributed by atoms with Gasteiger partial charge in [-0.2, -0.15) is 0 Å². The highest BCUT2D eigenvalue weighted by atomic mass is 35.5. The molecule has 1 aliphatic heterocycles. The van der Waals surface area contributed by atoms with Gasteiger partial charge >= 0.3 is 0 Å². The molecule has 3 nitrogen and oxygen atoms in total. The number of halogens is 1. The van der Waals surface area contributed by atoms with Crippen molar-refractivity contribution in [3.8, 4) is 0 Å². The van der Waals surface area contributed by atoms with Crippen molar-refractivity contribution >= 4 is 17.3 Å². The van der Waals surface area contributed by atoms with E-state index >= 15 is 0 Å². The van der Waals surface area contributed by atoms with Crippen molar-refractivity contribution in [3.63, 3.8) is 0 Å². The van der Waals surface area contributed by atoms with Gasteiger partial charge in [0.15, 0.2) is 0 Å². The highest BCUT2D eigenvalue weighted by Gasteiger charge is 2.13. The van der Waals surface area contributed by atoms with Crippen LogP contribution in [0.5, 0.6) is 0 Å². The smallest absolute Gasteiger partial charge is 0.129 e. The average Bonchev–Trinajstić information content (AvgIpc) is 2.62. The molecule has 0 bridgehead atoms. The monoisotopic (exact) mass is 197 g/mol. The SMILES string of the molecule is Clc1ccc(NC2CCNC2)cn1. The van der Waals surface area contributed by atoms with Crippen molar-refractivity contribution in [2.45, 2.75) is 12.5 Å². The van der Waals surface area contributed by atoms with Gasteiger partial charge in [0.2, 0.25) is 0 Å². The predicted octanol–water partition coefficient (Wildman–Crippen LogP) is 1.51. The van der Waals surface area contributed by atoms with Crippen molar-refractivity contribution in [1.82, 2.24) is 10.3 Å². The van der Waals surface area contributed by atoms with Crippen molar-refractivity contribution in [2.24, 2.45) is 0 Å². The summed E-state index contributed by atoms with van der Waals surface area (Å²) in [6.07, 6.45) is 2.93. The number of rotatable bonds is 2. The van der Waals surface area contributed by atoms with Gasteiger partial charge in [0.25, 0.3) is 0 Å². The van der Waals surface area contributed by atoms with Gasteiger partial charge in [-0.3, -0.25) is 0 Å². The first kappa shape index (κ1) is 8.78. The molecule has 0 saturated carbocycles. The zero-order chi connectivity index (χ0) is 9.10. The minimum atomic E-state index is 0.531. The molecule has 0 aromatic carbocycles. The first-order valence-corrected chi connectivity index (χ1v) is 4.81. The van der Waals surface area contributed by atoms with Crippen molar-refractivity contribution in [3.05, 3.63) is 23.5 Å². The van der Waals surface area contributed by atoms with E-state index in [1.54, 1.807) is 12.3 Å². The Balaban J connectivity index is 1.97. The van der Waals surface area contributed by atoms with Gasteiger partial charge in [-0.1, -0.05) is 11.6 Å². The predicted molar refractivity (Wildman–Crippen MR) is 54.1 cm³/mol. The molecule has 13 heavy (non-hydrogen) atoms. The maximum absolute atomic E-state index is 5.68. The molecule has 1 unspecified atom stereocenters. The third-order valence-corrected chi connectivity index (χ3v) is 2.38. The standard InChI is InChI=1S/C9H12ClN3/c10-9-2-1-7(6-12-9)13-8-3-4-11-5-8/h1-2,6,8,11,13H,3-5H2. The summed E-state index contributed by atoms with van der Waals surface area (Å²) >= 11 is 5.68. The summed E-state index contributed by atoms with van der Waals surface area (Å²) in [6, 6.07) is 4.28. The molecule has 1 aromatic heterocycles. The maximum atomic E-state index is 5.68. The minimum Gasteiger partial charge on any atom is -0.380 e. The van der Waals surface area contributed by atoms with Crippen molar-refractivity contribution < 1.29 is 0 Å². The molecule has 0 radical (unpaired) electrons. The number of anilines is 1. The third kappa shape index (κ3) is 2.32. The van der Waals surface area contributed by atoms with Crippen molar-refractivity contribution in [2.75, 3.05) is 18.4 Å². The number of hydrogen-bond donors (Lipinski definition) is 2. The number of aromatic nitrogens is 1. The summed E-state index contributed by atoms with van der Waals surface area (Å²) in [5.41, 5.74) is 1.04. The third-order valence-electron chi connectivity index (χ3n) is 2.16. The summed E-state index contributed by atoms with van der Waals surface area (Å²) in [5, 5.41) is 7.22. The molecular weight excluding hydrogens is 186 g/mol. The number of pyridine rings is 1. The van der Waals surface area contributed by atoms with Gasteiger partial charge in [0.05, 0.1) is 11.9 Å². The summed E-state index contributed by atoms with van der Waals surface area (Å²) in [7, 11) is 0. The van der Waals surface area contributed by atoms with E-state index in [1.165, 1.54) is 6.42 Å². The second-order valence-corrected chi connectivity index (χ2v) is 3.59. The lowest BCUT2D eigenvalue weighted by atomic mass is 10.2. The Kier molecular flexibility index (Phi) is 2.66. The lowest BCUT2D eigenvalue weighted by Gasteiger charge is -2.11. The molecular formula is C9H12ClN3. The molecule has 70 valence electrons. The maximum Gasteiger partial charge on any atom is 0.129 e. The van der Waals surface area contributed by atoms with Crippen LogP contribution >= 0.6 is 11.6 Å². The lowest BCUT2D eigenvalue weighted by molar-refractivity contribution is 0.792. The van der Waals surface area contributed by atoms with Crippen LogP contribution in [0, 0.1) is 0 Å². The van der Waals surface area contributed by atoms with Crippen LogP contribution < -0.4 is 10.6 Å². The van der Waals surface area contributed by atoms with Gasteiger partial charge in [-0.25, -0.2) is 4.98 Å². The molecule has 1 aliphatic rings. The molecule has 1 saturated heterocycles. The molecule has 1 atom stereocenters. The van der Waals surface area contributed by atoms with Crippen LogP contribution in [0.1, 0.15) is 6.42 Å². The zero-order valence-electron chi connectivity index (χ0n) is 7.26. The van der Waals surface area contributed by atoms with Gasteiger partial charge in [0.1, 0.15) is 5.15 Å². The summed E-state index contributed by atoms with van der Waals surface area (Å²) in [5.74, 6) is 0. The Labute approximate surface area is 82.5 Å². The van der Waals surface area contributed by atoms with E-state index in [9.17, 15) is 0 Å². The molecule has 2 rings (SSSR count). The first-order chi connectivity index (χ1) is 6.34. The largest absolute Gasteiger partial charge is 0.380 e. The fraction of sp³-hybridized carbons (Fsp3) is 0.444. The van der Waals surface area contributed by atoms with E-state index in [0.29, 0.717) is 11.2 Å². The van der Waals surface area contributed by atoms with Crippen LogP contribution in [-0.4, -0.2) is 24.1 Å². The van der Waals surface area contributed by atoms with E-state index in [1.807, 2.05) is 6.07 Å². The van der Waals surface area contributed by atoms with E-state index < -0.39 is 0 Å². The van der Waals surface area contributed by atoms with Crippen LogP contribution in [0.2, 0.25) is 5.15 Å². The van der Waals surface area contributed by atoms with Crippen LogP contribution in [-0.2, 0) is 0 Å². The van der Waals surface area contributed by atoms with E-state index in [2.05, 4.69) is 15.6 Å². The van der Waals surface area contributed by atoms with Crippen LogP contribution in [0.3, 0.4) is 0 Å². The van der Waals surface area contributed by atoms with Crippen LogP contribution in [0.25, 0.3) is 0 Å². The van der Waals surface area contributed by atoms with E-state index in [-0.39, 0.29) is 0 Å². The molecule has 2 heterocycles. The van der Waals surface area contributed by atoms with Gasteiger partial charge in [-0.15, -0.1) is 0 Å². The molecule has 0 spiro atoms. The second-order valence-electron chi connectivity index (χ2n) is 3.20. The molecule has 1 aromatic rings. The Morgan fingerprint density at radius 1 is 1.54 bits per heavy atom.